The fourth-order valence-corrected chi connectivity index (χ4v) is 2.76. The van der Waals surface area contributed by atoms with Gasteiger partial charge in [-0.1, -0.05) is 54.1 Å². The van der Waals surface area contributed by atoms with Gasteiger partial charge in [-0.05, 0) is 48.2 Å². The number of halogens is 1. The van der Waals surface area contributed by atoms with Crippen molar-refractivity contribution < 1.29 is 9.53 Å². The van der Waals surface area contributed by atoms with Crippen molar-refractivity contribution in [3.05, 3.63) is 89.1 Å². The van der Waals surface area contributed by atoms with Crippen molar-refractivity contribution >= 4 is 23.3 Å². The zero-order chi connectivity index (χ0) is 18.9. The molecule has 0 bridgehead atoms. The third-order valence-corrected chi connectivity index (χ3v) is 4.30. The number of anilines is 1. The minimum Gasteiger partial charge on any atom is -0.485 e. The number of pyridine rings is 1. The third kappa shape index (κ3) is 6.12. The molecule has 0 saturated carbocycles. The van der Waals surface area contributed by atoms with Crippen molar-refractivity contribution in [1.82, 2.24) is 4.98 Å². The number of aromatic nitrogens is 1. The summed E-state index contributed by atoms with van der Waals surface area (Å²) >= 11 is 5.88. The molecule has 0 aliphatic heterocycles. The first-order valence-electron chi connectivity index (χ1n) is 8.87. The van der Waals surface area contributed by atoms with Crippen LogP contribution in [0.3, 0.4) is 0 Å². The highest BCUT2D eigenvalue weighted by atomic mass is 35.5. The molecule has 0 spiro atoms. The SMILES string of the molecule is O=C(CCCc1ccc(Cl)cc1)Nc1ncccc1OCc1ccccc1. The van der Waals surface area contributed by atoms with E-state index in [4.69, 9.17) is 16.3 Å². The second-order valence-corrected chi connectivity index (χ2v) is 6.59. The van der Waals surface area contributed by atoms with E-state index in [0.717, 1.165) is 29.0 Å². The molecular weight excluding hydrogens is 360 g/mol. The molecule has 2 aromatic carbocycles. The highest BCUT2D eigenvalue weighted by molar-refractivity contribution is 6.30. The van der Waals surface area contributed by atoms with Crippen molar-refractivity contribution in [3.8, 4) is 5.75 Å². The number of nitrogens with zero attached hydrogens (tertiary/aromatic N) is 1. The number of carbonyl (C=O) groups excluding carboxylic acids is 1. The Morgan fingerprint density at radius 1 is 0.963 bits per heavy atom. The van der Waals surface area contributed by atoms with Crippen molar-refractivity contribution in [2.24, 2.45) is 0 Å². The van der Waals surface area contributed by atoms with E-state index in [2.05, 4.69) is 10.3 Å². The lowest BCUT2D eigenvalue weighted by molar-refractivity contribution is -0.116. The molecule has 1 amide bonds. The fourth-order valence-electron chi connectivity index (χ4n) is 2.63. The zero-order valence-electron chi connectivity index (χ0n) is 14.9. The minimum absolute atomic E-state index is 0.0766. The van der Waals surface area contributed by atoms with Crippen LogP contribution in [0.1, 0.15) is 24.0 Å². The molecule has 0 aliphatic rings. The summed E-state index contributed by atoms with van der Waals surface area (Å²) in [6, 6.07) is 21.2. The van der Waals surface area contributed by atoms with E-state index in [-0.39, 0.29) is 5.91 Å². The Hall–Kier alpha value is -2.85. The molecule has 0 fully saturated rings. The van der Waals surface area contributed by atoms with E-state index in [1.165, 1.54) is 0 Å². The van der Waals surface area contributed by atoms with Crippen LogP contribution in [-0.4, -0.2) is 10.9 Å². The number of ether oxygens (including phenoxy) is 1. The summed E-state index contributed by atoms with van der Waals surface area (Å²) in [6.07, 6.45) is 3.63. The molecule has 3 rings (SSSR count). The molecule has 3 aromatic rings. The summed E-state index contributed by atoms with van der Waals surface area (Å²) in [5, 5.41) is 3.56. The Kier molecular flexibility index (Phi) is 6.83. The molecule has 0 unspecified atom stereocenters. The molecule has 138 valence electrons. The van der Waals surface area contributed by atoms with E-state index in [9.17, 15) is 4.79 Å². The van der Waals surface area contributed by atoms with Gasteiger partial charge in [0.1, 0.15) is 6.61 Å². The maximum absolute atomic E-state index is 12.3. The smallest absolute Gasteiger partial charge is 0.225 e. The summed E-state index contributed by atoms with van der Waals surface area (Å²) in [5.74, 6) is 0.935. The Labute approximate surface area is 164 Å². The summed E-state index contributed by atoms with van der Waals surface area (Å²) in [5.41, 5.74) is 2.22. The van der Waals surface area contributed by atoms with Crippen molar-refractivity contribution in [3.63, 3.8) is 0 Å². The number of carbonyl (C=O) groups is 1. The van der Waals surface area contributed by atoms with Crippen LogP contribution in [0.25, 0.3) is 0 Å². The van der Waals surface area contributed by atoms with Gasteiger partial charge in [0.25, 0.3) is 0 Å². The standard InChI is InChI=1S/C22H21ClN2O2/c23-19-13-11-17(12-14-19)8-4-10-21(26)25-22-20(9-5-15-24-22)27-16-18-6-2-1-3-7-18/h1-3,5-7,9,11-15H,4,8,10,16H2,(H,24,25,26). The van der Waals surface area contributed by atoms with E-state index >= 15 is 0 Å². The van der Waals surface area contributed by atoms with Gasteiger partial charge in [0, 0.05) is 17.6 Å². The van der Waals surface area contributed by atoms with Gasteiger partial charge in [0.15, 0.2) is 11.6 Å². The van der Waals surface area contributed by atoms with Gasteiger partial charge >= 0.3 is 0 Å². The van der Waals surface area contributed by atoms with Crippen LogP contribution in [0, 0.1) is 0 Å². The van der Waals surface area contributed by atoms with Crippen molar-refractivity contribution in [1.29, 1.82) is 0 Å². The molecule has 0 atom stereocenters. The Balaban J connectivity index is 1.50. The molecule has 1 heterocycles. The summed E-state index contributed by atoms with van der Waals surface area (Å²) < 4.78 is 5.82. The van der Waals surface area contributed by atoms with Gasteiger partial charge in [-0.2, -0.15) is 0 Å². The molecule has 1 N–H and O–H groups in total. The Morgan fingerprint density at radius 2 is 1.74 bits per heavy atom. The Bertz CT molecular complexity index is 867. The first-order valence-corrected chi connectivity index (χ1v) is 9.24. The lowest BCUT2D eigenvalue weighted by Crippen LogP contribution is -2.13. The molecule has 0 aliphatic carbocycles. The molecular formula is C22H21ClN2O2. The van der Waals surface area contributed by atoms with E-state index in [1.807, 2.05) is 54.6 Å². The normalized spacial score (nSPS) is 10.4. The fraction of sp³-hybridized carbons (Fsp3) is 0.182. The van der Waals surface area contributed by atoms with Crippen LogP contribution in [-0.2, 0) is 17.8 Å². The molecule has 0 radical (unpaired) electrons. The van der Waals surface area contributed by atoms with Gasteiger partial charge in [-0.15, -0.1) is 0 Å². The van der Waals surface area contributed by atoms with E-state index in [1.54, 1.807) is 18.3 Å². The summed E-state index contributed by atoms with van der Waals surface area (Å²) in [4.78, 5) is 16.5. The van der Waals surface area contributed by atoms with E-state index in [0.29, 0.717) is 24.6 Å². The lowest BCUT2D eigenvalue weighted by Gasteiger charge is -2.11. The number of rotatable bonds is 8. The van der Waals surface area contributed by atoms with Crippen LogP contribution in [0.15, 0.2) is 72.9 Å². The number of aryl methyl sites for hydroxylation is 1. The van der Waals surface area contributed by atoms with Crippen molar-refractivity contribution in [2.75, 3.05) is 5.32 Å². The second-order valence-electron chi connectivity index (χ2n) is 6.15. The van der Waals surface area contributed by atoms with Crippen LogP contribution >= 0.6 is 11.6 Å². The topological polar surface area (TPSA) is 51.2 Å². The number of hydrogen-bond acceptors (Lipinski definition) is 3. The van der Waals surface area contributed by atoms with Gasteiger partial charge in [-0.25, -0.2) is 4.98 Å². The molecule has 1 aromatic heterocycles. The monoisotopic (exact) mass is 380 g/mol. The van der Waals surface area contributed by atoms with Gasteiger partial charge < -0.3 is 10.1 Å². The lowest BCUT2D eigenvalue weighted by atomic mass is 10.1. The minimum atomic E-state index is -0.0766. The zero-order valence-corrected chi connectivity index (χ0v) is 15.7. The van der Waals surface area contributed by atoms with Crippen LogP contribution in [0.2, 0.25) is 5.02 Å². The summed E-state index contributed by atoms with van der Waals surface area (Å²) in [7, 11) is 0. The average Bonchev–Trinajstić information content (AvgIpc) is 2.70. The highest BCUT2D eigenvalue weighted by Gasteiger charge is 2.09. The van der Waals surface area contributed by atoms with Gasteiger partial charge in [0.05, 0.1) is 0 Å². The van der Waals surface area contributed by atoms with Crippen LogP contribution < -0.4 is 10.1 Å². The van der Waals surface area contributed by atoms with Gasteiger partial charge in [0.2, 0.25) is 5.91 Å². The van der Waals surface area contributed by atoms with Gasteiger partial charge in [-0.3, -0.25) is 4.79 Å². The predicted molar refractivity (Wildman–Crippen MR) is 108 cm³/mol. The highest BCUT2D eigenvalue weighted by Crippen LogP contribution is 2.22. The number of benzene rings is 2. The summed E-state index contributed by atoms with van der Waals surface area (Å²) in [6.45, 7) is 0.423. The maximum Gasteiger partial charge on any atom is 0.225 e. The Morgan fingerprint density at radius 3 is 2.52 bits per heavy atom. The van der Waals surface area contributed by atoms with Crippen LogP contribution in [0.4, 0.5) is 5.82 Å². The molecule has 27 heavy (non-hydrogen) atoms. The molecule has 0 saturated heterocycles. The molecule has 4 nitrogen and oxygen atoms in total. The average molecular weight is 381 g/mol. The third-order valence-electron chi connectivity index (χ3n) is 4.05. The predicted octanol–water partition coefficient (Wildman–Crippen LogP) is 5.28. The number of nitrogens with one attached hydrogen (secondary N) is 1. The quantitative estimate of drug-likeness (QED) is 0.578. The van der Waals surface area contributed by atoms with Crippen LogP contribution in [0.5, 0.6) is 5.75 Å². The van der Waals surface area contributed by atoms with Crippen molar-refractivity contribution in [2.45, 2.75) is 25.9 Å². The molecule has 5 heteroatoms. The number of amides is 1. The number of hydrogen-bond donors (Lipinski definition) is 1. The first-order chi connectivity index (χ1) is 13.2. The second kappa shape index (κ2) is 9.74. The first kappa shape index (κ1) is 18.9. The maximum atomic E-state index is 12.3. The van der Waals surface area contributed by atoms with E-state index < -0.39 is 0 Å². The largest absolute Gasteiger partial charge is 0.485 e.